The molecule has 0 amide bonds. The maximum Gasteiger partial charge on any atom is 0.118 e. The third kappa shape index (κ3) is 5.23. The first kappa shape index (κ1) is 16.0. The van der Waals surface area contributed by atoms with Crippen molar-refractivity contribution < 1.29 is 4.74 Å². The molecule has 0 bridgehead atoms. The number of halogens is 1. The predicted octanol–water partition coefficient (Wildman–Crippen LogP) is 3.82. The van der Waals surface area contributed by atoms with Crippen molar-refractivity contribution in [1.29, 1.82) is 0 Å². The van der Waals surface area contributed by atoms with Crippen LogP contribution in [-0.2, 0) is 13.0 Å². The fraction of sp³-hybridized carbons (Fsp3) is 0.333. The number of nitrogens with one attached hydrogen (secondary N) is 1. The molecule has 0 saturated heterocycles. The van der Waals surface area contributed by atoms with Crippen molar-refractivity contribution in [3.05, 3.63) is 51.7 Å². The summed E-state index contributed by atoms with van der Waals surface area (Å²) in [4.78, 5) is 2.78. The largest absolute Gasteiger partial charge is 0.497 e. The molecule has 0 unspecified atom stereocenters. The highest BCUT2D eigenvalue weighted by atomic mass is 35.5. The fourth-order valence-electron chi connectivity index (χ4n) is 1.82. The quantitative estimate of drug-likeness (QED) is 0.819. The average molecular weight is 298 g/mol. The number of thiophene rings is 1. The van der Waals surface area contributed by atoms with E-state index in [0.29, 0.717) is 0 Å². The third-order valence-corrected chi connectivity index (χ3v) is 3.85. The van der Waals surface area contributed by atoms with E-state index in [9.17, 15) is 0 Å². The van der Waals surface area contributed by atoms with E-state index in [-0.39, 0.29) is 12.4 Å². The second kappa shape index (κ2) is 8.20. The van der Waals surface area contributed by atoms with Crippen LogP contribution in [0.15, 0.2) is 36.4 Å². The van der Waals surface area contributed by atoms with E-state index in [0.717, 1.165) is 25.3 Å². The Balaban J connectivity index is 0.00000180. The van der Waals surface area contributed by atoms with Gasteiger partial charge in [0.05, 0.1) is 7.11 Å². The van der Waals surface area contributed by atoms with Gasteiger partial charge in [0.25, 0.3) is 0 Å². The van der Waals surface area contributed by atoms with Gasteiger partial charge in [0.15, 0.2) is 0 Å². The van der Waals surface area contributed by atoms with Gasteiger partial charge in [-0.15, -0.1) is 23.7 Å². The molecule has 0 atom stereocenters. The smallest absolute Gasteiger partial charge is 0.118 e. The van der Waals surface area contributed by atoms with Crippen LogP contribution in [0.5, 0.6) is 5.75 Å². The molecule has 1 aromatic carbocycles. The molecule has 0 saturated carbocycles. The molecule has 2 aromatic rings. The van der Waals surface area contributed by atoms with Crippen molar-refractivity contribution in [2.24, 2.45) is 0 Å². The van der Waals surface area contributed by atoms with E-state index in [1.54, 1.807) is 7.11 Å². The first-order valence-corrected chi connectivity index (χ1v) is 6.98. The van der Waals surface area contributed by atoms with Gasteiger partial charge in [-0.2, -0.15) is 0 Å². The Morgan fingerprint density at radius 3 is 2.42 bits per heavy atom. The maximum atomic E-state index is 5.14. The van der Waals surface area contributed by atoms with Crippen LogP contribution in [0.2, 0.25) is 0 Å². The number of rotatable bonds is 6. The van der Waals surface area contributed by atoms with Crippen molar-refractivity contribution in [3.8, 4) is 5.75 Å². The van der Waals surface area contributed by atoms with E-state index in [4.69, 9.17) is 4.74 Å². The highest BCUT2D eigenvalue weighted by Gasteiger charge is 1.97. The summed E-state index contributed by atoms with van der Waals surface area (Å²) in [6.07, 6.45) is 1.05. The molecule has 1 heterocycles. The summed E-state index contributed by atoms with van der Waals surface area (Å²) in [6, 6.07) is 12.6. The van der Waals surface area contributed by atoms with E-state index < -0.39 is 0 Å². The van der Waals surface area contributed by atoms with E-state index in [1.807, 2.05) is 23.5 Å². The Labute approximate surface area is 125 Å². The zero-order valence-electron chi connectivity index (χ0n) is 11.3. The second-order valence-corrected chi connectivity index (χ2v) is 5.66. The Bertz CT molecular complexity index is 481. The van der Waals surface area contributed by atoms with Crippen molar-refractivity contribution in [3.63, 3.8) is 0 Å². The Morgan fingerprint density at radius 1 is 1.11 bits per heavy atom. The molecular weight excluding hydrogens is 278 g/mol. The van der Waals surface area contributed by atoms with Gasteiger partial charge in [-0.05, 0) is 49.7 Å². The lowest BCUT2D eigenvalue weighted by Gasteiger charge is -2.05. The van der Waals surface area contributed by atoms with Crippen LogP contribution in [-0.4, -0.2) is 13.7 Å². The van der Waals surface area contributed by atoms with Crippen LogP contribution in [0.4, 0.5) is 0 Å². The molecule has 0 aliphatic heterocycles. The predicted molar refractivity (Wildman–Crippen MR) is 84.7 cm³/mol. The monoisotopic (exact) mass is 297 g/mol. The van der Waals surface area contributed by atoms with Gasteiger partial charge in [0.2, 0.25) is 0 Å². The molecule has 0 radical (unpaired) electrons. The van der Waals surface area contributed by atoms with E-state index in [2.05, 4.69) is 36.5 Å². The molecule has 0 aliphatic rings. The van der Waals surface area contributed by atoms with Gasteiger partial charge < -0.3 is 10.1 Å². The van der Waals surface area contributed by atoms with Crippen molar-refractivity contribution in [2.75, 3.05) is 13.7 Å². The van der Waals surface area contributed by atoms with Crippen LogP contribution >= 0.6 is 23.7 Å². The minimum Gasteiger partial charge on any atom is -0.497 e. The van der Waals surface area contributed by atoms with Gasteiger partial charge in [-0.1, -0.05) is 12.1 Å². The highest BCUT2D eigenvalue weighted by Crippen LogP contribution is 2.14. The lowest BCUT2D eigenvalue weighted by Crippen LogP contribution is -2.15. The third-order valence-electron chi connectivity index (χ3n) is 2.84. The topological polar surface area (TPSA) is 21.3 Å². The number of aryl methyl sites for hydroxylation is 1. The molecule has 0 fully saturated rings. The molecule has 2 rings (SSSR count). The molecule has 2 nitrogen and oxygen atoms in total. The van der Waals surface area contributed by atoms with Gasteiger partial charge in [0.1, 0.15) is 5.75 Å². The fourth-order valence-corrected chi connectivity index (χ4v) is 2.68. The first-order valence-electron chi connectivity index (χ1n) is 6.17. The molecule has 4 heteroatoms. The van der Waals surface area contributed by atoms with Crippen LogP contribution in [0.3, 0.4) is 0 Å². The standard InChI is InChI=1S/C15H19NOS.ClH/c1-12-3-8-15(18-12)11-16-10-9-13-4-6-14(17-2)7-5-13;/h3-8,16H,9-11H2,1-2H3;1H. The van der Waals surface area contributed by atoms with Crippen LogP contribution in [0.1, 0.15) is 15.3 Å². The van der Waals surface area contributed by atoms with Crippen LogP contribution < -0.4 is 10.1 Å². The first-order chi connectivity index (χ1) is 8.78. The normalized spacial score (nSPS) is 10.0. The van der Waals surface area contributed by atoms with E-state index in [1.165, 1.54) is 15.3 Å². The highest BCUT2D eigenvalue weighted by molar-refractivity contribution is 7.11. The summed E-state index contributed by atoms with van der Waals surface area (Å²) in [6.45, 7) is 4.11. The number of methoxy groups -OCH3 is 1. The van der Waals surface area contributed by atoms with Gasteiger partial charge in [-0.25, -0.2) is 0 Å². The number of hydrogen-bond donors (Lipinski definition) is 1. The molecule has 1 N–H and O–H groups in total. The van der Waals surface area contributed by atoms with E-state index >= 15 is 0 Å². The van der Waals surface area contributed by atoms with Gasteiger partial charge >= 0.3 is 0 Å². The zero-order valence-corrected chi connectivity index (χ0v) is 12.9. The number of ether oxygens (including phenoxy) is 1. The van der Waals surface area contributed by atoms with Crippen LogP contribution in [0.25, 0.3) is 0 Å². The van der Waals surface area contributed by atoms with Gasteiger partial charge in [-0.3, -0.25) is 0 Å². The minimum atomic E-state index is 0. The molecule has 1 aromatic heterocycles. The molecule has 0 aliphatic carbocycles. The Kier molecular flexibility index (Phi) is 6.92. The minimum absolute atomic E-state index is 0. The molecule has 104 valence electrons. The molecular formula is C15H20ClNOS. The summed E-state index contributed by atoms with van der Waals surface area (Å²) in [5.41, 5.74) is 1.34. The SMILES string of the molecule is COc1ccc(CCNCc2ccc(C)s2)cc1.Cl. The maximum absolute atomic E-state index is 5.14. The molecule has 0 spiro atoms. The second-order valence-electron chi connectivity index (χ2n) is 4.29. The summed E-state index contributed by atoms with van der Waals surface area (Å²) in [7, 11) is 1.69. The zero-order chi connectivity index (χ0) is 12.8. The molecule has 19 heavy (non-hydrogen) atoms. The van der Waals surface area contributed by atoms with Crippen molar-refractivity contribution in [1.82, 2.24) is 5.32 Å². The van der Waals surface area contributed by atoms with Gasteiger partial charge in [0, 0.05) is 16.3 Å². The van der Waals surface area contributed by atoms with Crippen molar-refractivity contribution >= 4 is 23.7 Å². The summed E-state index contributed by atoms with van der Waals surface area (Å²) >= 11 is 1.86. The summed E-state index contributed by atoms with van der Waals surface area (Å²) in [5, 5.41) is 3.47. The van der Waals surface area contributed by atoms with Crippen molar-refractivity contribution in [2.45, 2.75) is 19.9 Å². The lowest BCUT2D eigenvalue weighted by molar-refractivity contribution is 0.414. The van der Waals surface area contributed by atoms with Crippen LogP contribution in [0, 0.1) is 6.92 Å². The lowest BCUT2D eigenvalue weighted by atomic mass is 10.1. The number of hydrogen-bond acceptors (Lipinski definition) is 3. The Hall–Kier alpha value is -1.03. The average Bonchev–Trinajstić information content (AvgIpc) is 2.81. The number of benzene rings is 1. The Morgan fingerprint density at radius 2 is 1.84 bits per heavy atom. The summed E-state index contributed by atoms with van der Waals surface area (Å²) in [5.74, 6) is 0.917. The summed E-state index contributed by atoms with van der Waals surface area (Å²) < 4.78 is 5.14.